The molecule has 1 heterocycles. The molecular weight excluding hydrogens is 360 g/mol. The summed E-state index contributed by atoms with van der Waals surface area (Å²) in [4.78, 5) is 4.64. The first-order chi connectivity index (χ1) is 14.1. The van der Waals surface area contributed by atoms with E-state index in [1.54, 1.807) is 0 Å². The fourth-order valence-corrected chi connectivity index (χ4v) is 3.97. The Balaban J connectivity index is 1.43. The lowest BCUT2D eigenvalue weighted by molar-refractivity contribution is 0.208. The highest BCUT2D eigenvalue weighted by atomic mass is 16.5. The van der Waals surface area contributed by atoms with Crippen LogP contribution in [0.25, 0.3) is 10.9 Å². The number of hydrogen-bond acceptors (Lipinski definition) is 4. The van der Waals surface area contributed by atoms with Crippen molar-refractivity contribution >= 4 is 10.9 Å². The van der Waals surface area contributed by atoms with E-state index >= 15 is 0 Å². The molecule has 0 bridgehead atoms. The van der Waals surface area contributed by atoms with Crippen LogP contribution in [0.4, 0.5) is 0 Å². The number of fused-ring (bicyclic) bond motifs is 1. The van der Waals surface area contributed by atoms with Crippen molar-refractivity contribution < 1.29 is 9.47 Å². The van der Waals surface area contributed by atoms with Crippen LogP contribution in [-0.4, -0.2) is 11.6 Å². The van der Waals surface area contributed by atoms with E-state index in [-0.39, 0.29) is 6.04 Å². The van der Waals surface area contributed by atoms with E-state index in [2.05, 4.69) is 11.1 Å². The largest absolute Gasteiger partial charge is 0.493 e. The highest BCUT2D eigenvalue weighted by Crippen LogP contribution is 2.30. The van der Waals surface area contributed by atoms with Crippen LogP contribution in [-0.2, 0) is 0 Å². The molecule has 0 spiro atoms. The molecule has 4 nitrogen and oxygen atoms in total. The first kappa shape index (κ1) is 19.7. The molecule has 4 rings (SSSR count). The van der Waals surface area contributed by atoms with E-state index in [0.29, 0.717) is 11.8 Å². The standard InChI is InChI=1S/C25H30N2O2/c1-17-14-22(28-16-19-6-4-3-5-7-19)10-12-24(17)29-25-13-9-21-15-20(18(2)26)8-11-23(21)27-25/h8-15,18-19H,3-7,16,26H2,1-2H3. The Hall–Kier alpha value is -2.59. The van der Waals surface area contributed by atoms with Gasteiger partial charge < -0.3 is 15.2 Å². The summed E-state index contributed by atoms with van der Waals surface area (Å²) in [5.74, 6) is 3.00. The van der Waals surface area contributed by atoms with Crippen LogP contribution < -0.4 is 15.2 Å². The van der Waals surface area contributed by atoms with Crippen molar-refractivity contribution in [1.82, 2.24) is 4.98 Å². The van der Waals surface area contributed by atoms with Crippen molar-refractivity contribution in [2.75, 3.05) is 6.61 Å². The molecule has 0 aliphatic heterocycles. The maximum atomic E-state index is 6.05. The molecule has 4 heteroatoms. The number of nitrogens with zero attached hydrogens (tertiary/aromatic N) is 1. The molecule has 3 aromatic rings. The third kappa shape index (κ3) is 4.88. The molecule has 152 valence electrons. The topological polar surface area (TPSA) is 57.4 Å². The lowest BCUT2D eigenvalue weighted by Crippen LogP contribution is -2.15. The van der Waals surface area contributed by atoms with Crippen LogP contribution in [0.3, 0.4) is 0 Å². The van der Waals surface area contributed by atoms with Gasteiger partial charge in [-0.25, -0.2) is 4.98 Å². The number of aromatic nitrogens is 1. The van der Waals surface area contributed by atoms with E-state index in [1.807, 2.05) is 56.3 Å². The normalized spacial score (nSPS) is 16.0. The molecule has 0 amide bonds. The number of aryl methyl sites for hydroxylation is 1. The Morgan fingerprint density at radius 1 is 1.03 bits per heavy atom. The molecule has 1 aromatic heterocycles. The molecule has 1 unspecified atom stereocenters. The van der Waals surface area contributed by atoms with E-state index in [9.17, 15) is 0 Å². The van der Waals surface area contributed by atoms with Crippen molar-refractivity contribution in [3.05, 3.63) is 59.7 Å². The fraction of sp³-hybridized carbons (Fsp3) is 0.400. The smallest absolute Gasteiger partial charge is 0.219 e. The number of nitrogens with two attached hydrogens (primary N) is 1. The second-order valence-corrected chi connectivity index (χ2v) is 8.23. The molecular formula is C25H30N2O2. The Morgan fingerprint density at radius 3 is 2.62 bits per heavy atom. The summed E-state index contributed by atoms with van der Waals surface area (Å²) in [5.41, 5.74) is 9.02. The summed E-state index contributed by atoms with van der Waals surface area (Å²) in [6.45, 7) is 4.84. The Bertz CT molecular complexity index is 978. The maximum Gasteiger partial charge on any atom is 0.219 e. The van der Waals surface area contributed by atoms with Gasteiger partial charge in [0.1, 0.15) is 11.5 Å². The van der Waals surface area contributed by atoms with Gasteiger partial charge in [-0.3, -0.25) is 0 Å². The Labute approximate surface area is 173 Å². The first-order valence-corrected chi connectivity index (χ1v) is 10.7. The average Bonchev–Trinajstić information content (AvgIpc) is 2.74. The highest BCUT2D eigenvalue weighted by molar-refractivity contribution is 5.80. The second-order valence-electron chi connectivity index (χ2n) is 8.23. The minimum atomic E-state index is 0.0109. The highest BCUT2D eigenvalue weighted by Gasteiger charge is 2.14. The van der Waals surface area contributed by atoms with Crippen LogP contribution in [0.1, 0.15) is 56.2 Å². The van der Waals surface area contributed by atoms with Crippen molar-refractivity contribution in [2.45, 2.75) is 52.0 Å². The van der Waals surface area contributed by atoms with Gasteiger partial charge >= 0.3 is 0 Å². The Morgan fingerprint density at radius 2 is 1.86 bits per heavy atom. The lowest BCUT2D eigenvalue weighted by Gasteiger charge is -2.21. The average molecular weight is 391 g/mol. The van der Waals surface area contributed by atoms with Crippen LogP contribution >= 0.6 is 0 Å². The summed E-state index contributed by atoms with van der Waals surface area (Å²) < 4.78 is 12.1. The third-order valence-corrected chi connectivity index (χ3v) is 5.78. The zero-order valence-corrected chi connectivity index (χ0v) is 17.4. The molecule has 1 fully saturated rings. The van der Waals surface area contributed by atoms with Gasteiger partial charge in [0.25, 0.3) is 0 Å². The van der Waals surface area contributed by atoms with Crippen LogP contribution in [0.5, 0.6) is 17.4 Å². The molecule has 1 saturated carbocycles. The summed E-state index contributed by atoms with van der Waals surface area (Å²) in [6, 6.07) is 16.0. The van der Waals surface area contributed by atoms with Gasteiger partial charge in [0.15, 0.2) is 0 Å². The molecule has 0 saturated heterocycles. The van der Waals surface area contributed by atoms with Gasteiger partial charge in [-0.2, -0.15) is 0 Å². The number of ether oxygens (including phenoxy) is 2. The molecule has 2 N–H and O–H groups in total. The van der Waals surface area contributed by atoms with Gasteiger partial charge in [0, 0.05) is 17.5 Å². The number of pyridine rings is 1. The van der Waals surface area contributed by atoms with Gasteiger partial charge in [0.05, 0.1) is 12.1 Å². The van der Waals surface area contributed by atoms with E-state index < -0.39 is 0 Å². The van der Waals surface area contributed by atoms with Crippen LogP contribution in [0, 0.1) is 12.8 Å². The minimum Gasteiger partial charge on any atom is -0.493 e. The molecule has 2 aromatic carbocycles. The van der Waals surface area contributed by atoms with E-state index in [0.717, 1.165) is 40.1 Å². The quantitative estimate of drug-likeness (QED) is 0.535. The fourth-order valence-electron chi connectivity index (χ4n) is 3.97. The van der Waals surface area contributed by atoms with Crippen LogP contribution in [0.15, 0.2) is 48.5 Å². The van der Waals surface area contributed by atoms with Crippen molar-refractivity contribution in [2.24, 2.45) is 11.7 Å². The molecule has 29 heavy (non-hydrogen) atoms. The van der Waals surface area contributed by atoms with Crippen molar-refractivity contribution in [3.8, 4) is 17.4 Å². The van der Waals surface area contributed by atoms with Gasteiger partial charge in [0.2, 0.25) is 5.88 Å². The zero-order valence-electron chi connectivity index (χ0n) is 17.4. The lowest BCUT2D eigenvalue weighted by atomic mass is 9.90. The van der Waals surface area contributed by atoms with Crippen molar-refractivity contribution in [1.29, 1.82) is 0 Å². The third-order valence-electron chi connectivity index (χ3n) is 5.78. The molecule has 0 radical (unpaired) electrons. The number of hydrogen-bond donors (Lipinski definition) is 1. The van der Waals surface area contributed by atoms with Gasteiger partial charge in [-0.15, -0.1) is 0 Å². The van der Waals surface area contributed by atoms with Crippen molar-refractivity contribution in [3.63, 3.8) is 0 Å². The molecule has 1 atom stereocenters. The number of benzene rings is 2. The number of rotatable bonds is 6. The summed E-state index contributed by atoms with van der Waals surface area (Å²) >= 11 is 0. The minimum absolute atomic E-state index is 0.0109. The first-order valence-electron chi connectivity index (χ1n) is 10.7. The maximum absolute atomic E-state index is 6.05. The summed E-state index contributed by atoms with van der Waals surface area (Å²) in [7, 11) is 0. The van der Waals surface area contributed by atoms with Crippen LogP contribution in [0.2, 0.25) is 0 Å². The molecule has 1 aliphatic carbocycles. The SMILES string of the molecule is Cc1cc(OCC2CCCCC2)ccc1Oc1ccc2cc(C(C)N)ccc2n1. The molecule has 1 aliphatic rings. The second kappa shape index (κ2) is 8.83. The van der Waals surface area contributed by atoms with E-state index in [4.69, 9.17) is 15.2 Å². The predicted molar refractivity (Wildman–Crippen MR) is 118 cm³/mol. The van der Waals surface area contributed by atoms with Gasteiger partial charge in [-0.1, -0.05) is 25.3 Å². The monoisotopic (exact) mass is 390 g/mol. The van der Waals surface area contributed by atoms with E-state index in [1.165, 1.54) is 32.1 Å². The summed E-state index contributed by atoms with van der Waals surface area (Å²) in [6.07, 6.45) is 6.63. The summed E-state index contributed by atoms with van der Waals surface area (Å²) in [5, 5.41) is 1.07. The zero-order chi connectivity index (χ0) is 20.2. The Kier molecular flexibility index (Phi) is 6.00. The van der Waals surface area contributed by atoms with Gasteiger partial charge in [-0.05, 0) is 80.1 Å². The predicted octanol–water partition coefficient (Wildman–Crippen LogP) is 6.31.